The topological polar surface area (TPSA) is 59.8 Å². The number of carbonyl (C=O) groups excluding carboxylic acids is 1. The van der Waals surface area contributed by atoms with Crippen LogP contribution in [0, 0.1) is 12.7 Å². The van der Waals surface area contributed by atoms with Crippen molar-refractivity contribution < 1.29 is 9.18 Å². The van der Waals surface area contributed by atoms with Gasteiger partial charge in [-0.3, -0.25) is 4.79 Å². The average molecular weight is 406 g/mol. The van der Waals surface area contributed by atoms with E-state index in [0.717, 1.165) is 10.6 Å². The van der Waals surface area contributed by atoms with Gasteiger partial charge in [0.1, 0.15) is 27.6 Å². The van der Waals surface area contributed by atoms with Crippen LogP contribution in [0.2, 0.25) is 0 Å². The zero-order valence-electron chi connectivity index (χ0n) is 16.0. The van der Waals surface area contributed by atoms with Gasteiger partial charge in [-0.15, -0.1) is 11.3 Å². The highest BCUT2D eigenvalue weighted by Gasteiger charge is 2.24. The predicted molar refractivity (Wildman–Crippen MR) is 111 cm³/mol. The highest BCUT2D eigenvalue weighted by atomic mass is 32.1. The van der Waals surface area contributed by atoms with Gasteiger partial charge in [0, 0.05) is 25.0 Å². The number of hydrogen-bond donors (Lipinski definition) is 1. The zero-order chi connectivity index (χ0) is 20.4. The van der Waals surface area contributed by atoms with Gasteiger partial charge in [-0.2, -0.15) is 0 Å². The van der Waals surface area contributed by atoms with Crippen molar-refractivity contribution in [3.8, 4) is 10.6 Å². The van der Waals surface area contributed by atoms with E-state index in [2.05, 4.69) is 15.3 Å². The van der Waals surface area contributed by atoms with E-state index in [-0.39, 0.29) is 11.7 Å². The fourth-order valence-electron chi connectivity index (χ4n) is 3.15. The van der Waals surface area contributed by atoms with Crippen LogP contribution in [0.25, 0.3) is 10.6 Å². The molecule has 2 aromatic heterocycles. The number of imidazole rings is 1. The minimum atomic E-state index is -0.583. The van der Waals surface area contributed by atoms with Crippen molar-refractivity contribution in [2.24, 2.45) is 7.05 Å². The number of benzene rings is 2. The molecule has 1 N–H and O–H groups in total. The molecule has 146 valence electrons. The predicted octanol–water partition coefficient (Wildman–Crippen LogP) is 4.51. The molecule has 0 fully saturated rings. The maximum Gasteiger partial charge on any atom is 0.264 e. The molecule has 2 aromatic carbocycles. The summed E-state index contributed by atoms with van der Waals surface area (Å²) in [7, 11) is 1.84. The quantitative estimate of drug-likeness (QED) is 0.530. The number of carbonyl (C=O) groups is 1. The molecular weight excluding hydrogens is 387 g/mol. The van der Waals surface area contributed by atoms with Gasteiger partial charge in [0.05, 0.1) is 5.69 Å². The third-order valence-corrected chi connectivity index (χ3v) is 5.80. The Balaban J connectivity index is 1.67. The SMILES string of the molecule is Cc1nc(-c2ccccc2)sc1C(=O)NC(c1cccc(F)c1)c1nccn1C. The number of halogens is 1. The van der Waals surface area contributed by atoms with Crippen LogP contribution in [0.4, 0.5) is 4.39 Å². The molecule has 0 saturated carbocycles. The average Bonchev–Trinajstić information content (AvgIpc) is 3.32. The molecule has 0 aliphatic carbocycles. The summed E-state index contributed by atoms with van der Waals surface area (Å²) in [5, 5.41) is 3.79. The van der Waals surface area contributed by atoms with E-state index < -0.39 is 6.04 Å². The zero-order valence-corrected chi connectivity index (χ0v) is 16.8. The molecule has 0 spiro atoms. The van der Waals surface area contributed by atoms with E-state index >= 15 is 0 Å². The highest BCUT2D eigenvalue weighted by molar-refractivity contribution is 7.17. The summed E-state index contributed by atoms with van der Waals surface area (Å²) in [6.07, 6.45) is 3.44. The van der Waals surface area contributed by atoms with Crippen molar-refractivity contribution in [2.75, 3.05) is 0 Å². The van der Waals surface area contributed by atoms with Gasteiger partial charge in [-0.25, -0.2) is 14.4 Å². The Morgan fingerprint density at radius 3 is 2.66 bits per heavy atom. The Labute approximate surface area is 171 Å². The van der Waals surface area contributed by atoms with E-state index in [1.54, 1.807) is 24.5 Å². The lowest BCUT2D eigenvalue weighted by Crippen LogP contribution is -2.31. The van der Waals surface area contributed by atoms with Gasteiger partial charge in [0.25, 0.3) is 5.91 Å². The van der Waals surface area contributed by atoms with Crippen molar-refractivity contribution >= 4 is 17.2 Å². The second kappa shape index (κ2) is 7.97. The second-order valence-electron chi connectivity index (χ2n) is 6.66. The lowest BCUT2D eigenvalue weighted by Gasteiger charge is -2.19. The minimum absolute atomic E-state index is 0.264. The number of hydrogen-bond acceptors (Lipinski definition) is 4. The van der Waals surface area contributed by atoms with Gasteiger partial charge in [-0.1, -0.05) is 42.5 Å². The Hall–Kier alpha value is -3.32. The first-order valence-corrected chi connectivity index (χ1v) is 9.91. The summed E-state index contributed by atoms with van der Waals surface area (Å²) in [4.78, 5) is 22.6. The van der Waals surface area contributed by atoms with Crippen LogP contribution in [0.5, 0.6) is 0 Å². The lowest BCUT2D eigenvalue weighted by atomic mass is 10.1. The maximum absolute atomic E-state index is 13.8. The van der Waals surface area contributed by atoms with Gasteiger partial charge in [-0.05, 0) is 24.6 Å². The number of aromatic nitrogens is 3. The molecule has 5 nitrogen and oxygen atoms in total. The van der Waals surface area contributed by atoms with E-state index in [1.807, 2.05) is 48.9 Å². The molecular formula is C22H19FN4OS. The Morgan fingerprint density at radius 1 is 1.17 bits per heavy atom. The van der Waals surface area contributed by atoms with Crippen LogP contribution >= 0.6 is 11.3 Å². The minimum Gasteiger partial charge on any atom is -0.337 e. The Bertz CT molecular complexity index is 1150. The van der Waals surface area contributed by atoms with Gasteiger partial charge in [0.2, 0.25) is 0 Å². The van der Waals surface area contributed by atoms with Gasteiger partial charge in [0.15, 0.2) is 0 Å². The van der Waals surface area contributed by atoms with E-state index in [4.69, 9.17) is 0 Å². The smallest absolute Gasteiger partial charge is 0.264 e. The van der Waals surface area contributed by atoms with Crippen molar-refractivity contribution in [3.63, 3.8) is 0 Å². The summed E-state index contributed by atoms with van der Waals surface area (Å²) >= 11 is 1.34. The first-order chi connectivity index (χ1) is 14.0. The van der Waals surface area contributed by atoms with E-state index in [0.29, 0.717) is 22.0 Å². The third kappa shape index (κ3) is 3.95. The molecule has 1 amide bonds. The number of thiazole rings is 1. The molecule has 4 rings (SSSR count). The standard InChI is InChI=1S/C22H19FN4OS/c1-14-19(29-22(25-14)15-7-4-3-5-8-15)21(28)26-18(20-24-11-12-27(20)2)16-9-6-10-17(23)13-16/h3-13,18H,1-2H3,(H,26,28). The number of nitrogens with one attached hydrogen (secondary N) is 1. The maximum atomic E-state index is 13.8. The van der Waals surface area contributed by atoms with E-state index in [9.17, 15) is 9.18 Å². The first-order valence-electron chi connectivity index (χ1n) is 9.09. The number of rotatable bonds is 5. The van der Waals surface area contributed by atoms with Gasteiger partial charge >= 0.3 is 0 Å². The van der Waals surface area contributed by atoms with Crippen molar-refractivity contribution in [1.82, 2.24) is 19.9 Å². The van der Waals surface area contributed by atoms with Crippen molar-refractivity contribution in [2.45, 2.75) is 13.0 Å². The summed E-state index contributed by atoms with van der Waals surface area (Å²) in [5.41, 5.74) is 2.24. The number of amides is 1. The first kappa shape index (κ1) is 19.0. The Morgan fingerprint density at radius 2 is 1.97 bits per heavy atom. The van der Waals surface area contributed by atoms with Crippen molar-refractivity contribution in [3.05, 3.63) is 94.8 Å². The van der Waals surface area contributed by atoms with E-state index in [1.165, 1.54) is 23.5 Å². The third-order valence-electron chi connectivity index (χ3n) is 4.60. The van der Waals surface area contributed by atoms with Crippen LogP contribution in [0.3, 0.4) is 0 Å². The fourth-order valence-corrected chi connectivity index (χ4v) is 4.12. The number of nitrogens with zero attached hydrogens (tertiary/aromatic N) is 3. The monoisotopic (exact) mass is 406 g/mol. The van der Waals surface area contributed by atoms with Crippen LogP contribution in [0.1, 0.15) is 32.8 Å². The largest absolute Gasteiger partial charge is 0.337 e. The van der Waals surface area contributed by atoms with Crippen LogP contribution in [-0.4, -0.2) is 20.4 Å². The van der Waals surface area contributed by atoms with Crippen LogP contribution in [0.15, 0.2) is 67.0 Å². The Kier molecular flexibility index (Phi) is 5.22. The molecule has 2 heterocycles. The lowest BCUT2D eigenvalue weighted by molar-refractivity contribution is 0.0944. The molecule has 1 atom stereocenters. The van der Waals surface area contributed by atoms with Crippen molar-refractivity contribution in [1.29, 1.82) is 0 Å². The molecule has 1 unspecified atom stereocenters. The van der Waals surface area contributed by atoms with Gasteiger partial charge < -0.3 is 9.88 Å². The van der Waals surface area contributed by atoms with Crippen LogP contribution in [-0.2, 0) is 7.05 Å². The summed E-state index contributed by atoms with van der Waals surface area (Å²) < 4.78 is 15.6. The molecule has 0 saturated heterocycles. The molecule has 0 aliphatic rings. The molecule has 29 heavy (non-hydrogen) atoms. The second-order valence-corrected chi connectivity index (χ2v) is 7.66. The highest BCUT2D eigenvalue weighted by Crippen LogP contribution is 2.29. The summed E-state index contributed by atoms with van der Waals surface area (Å²) in [6, 6.07) is 15.3. The molecule has 7 heteroatoms. The molecule has 4 aromatic rings. The molecule has 0 bridgehead atoms. The summed E-state index contributed by atoms with van der Waals surface area (Å²) in [5.74, 6) is -0.00913. The normalized spacial score (nSPS) is 12.0. The van der Waals surface area contributed by atoms with Crippen LogP contribution < -0.4 is 5.32 Å². The number of aryl methyl sites for hydroxylation is 2. The summed E-state index contributed by atoms with van der Waals surface area (Å²) in [6.45, 7) is 1.82. The fraction of sp³-hybridized carbons (Fsp3) is 0.136. The molecule has 0 aliphatic heterocycles. The molecule has 0 radical (unpaired) electrons.